The van der Waals surface area contributed by atoms with Crippen molar-refractivity contribution in [1.29, 1.82) is 0 Å². The second-order valence-corrected chi connectivity index (χ2v) is 6.51. The number of aryl methyl sites for hydroxylation is 1. The lowest BCUT2D eigenvalue weighted by Gasteiger charge is -2.05. The molecule has 0 aliphatic heterocycles. The van der Waals surface area contributed by atoms with E-state index in [0.717, 1.165) is 22.3 Å². The van der Waals surface area contributed by atoms with Crippen molar-refractivity contribution in [3.63, 3.8) is 0 Å². The Balaban J connectivity index is 1.39. The van der Waals surface area contributed by atoms with E-state index in [1.165, 1.54) is 11.3 Å². The first-order valence-electron chi connectivity index (χ1n) is 7.93. The fourth-order valence-corrected chi connectivity index (χ4v) is 3.21. The zero-order valence-electron chi connectivity index (χ0n) is 13.9. The molecule has 4 heterocycles. The minimum atomic E-state index is -0.144. The fraction of sp³-hybridized carbons (Fsp3) is 0.111. The van der Waals surface area contributed by atoms with E-state index in [0.29, 0.717) is 11.4 Å². The van der Waals surface area contributed by atoms with Gasteiger partial charge in [-0.2, -0.15) is 0 Å². The van der Waals surface area contributed by atoms with Gasteiger partial charge in [-0.15, -0.1) is 11.3 Å². The van der Waals surface area contributed by atoms with Crippen molar-refractivity contribution < 1.29 is 9.21 Å². The molecule has 0 aromatic carbocycles. The number of furan rings is 1. The molecule has 7 nitrogen and oxygen atoms in total. The molecule has 4 rings (SSSR count). The van der Waals surface area contributed by atoms with Gasteiger partial charge in [0.1, 0.15) is 17.9 Å². The number of hydrogen-bond acceptors (Lipinski definition) is 6. The zero-order valence-corrected chi connectivity index (χ0v) is 14.7. The number of amides is 1. The Bertz CT molecular complexity index is 1020. The molecule has 0 aliphatic rings. The summed E-state index contributed by atoms with van der Waals surface area (Å²) >= 11 is 1.46. The smallest absolute Gasteiger partial charge is 0.230 e. The molecule has 4 aromatic rings. The summed E-state index contributed by atoms with van der Waals surface area (Å²) < 4.78 is 7.35. The van der Waals surface area contributed by atoms with Gasteiger partial charge in [0.05, 0.1) is 24.0 Å². The van der Waals surface area contributed by atoms with Gasteiger partial charge >= 0.3 is 0 Å². The zero-order chi connectivity index (χ0) is 17.9. The Morgan fingerprint density at radius 3 is 2.92 bits per heavy atom. The highest BCUT2D eigenvalue weighted by Crippen LogP contribution is 2.25. The summed E-state index contributed by atoms with van der Waals surface area (Å²) in [6.07, 6.45) is 6.97. The summed E-state index contributed by atoms with van der Waals surface area (Å²) in [5, 5.41) is 5.47. The second kappa shape index (κ2) is 6.93. The Morgan fingerprint density at radius 1 is 1.31 bits per heavy atom. The van der Waals surface area contributed by atoms with Crippen LogP contribution in [0.5, 0.6) is 0 Å². The van der Waals surface area contributed by atoms with Crippen molar-refractivity contribution in [1.82, 2.24) is 19.5 Å². The number of anilines is 1. The number of nitrogens with one attached hydrogen (secondary N) is 1. The maximum Gasteiger partial charge on any atom is 0.230 e. The lowest BCUT2D eigenvalue weighted by molar-refractivity contribution is -0.115. The molecule has 8 heteroatoms. The average molecular weight is 365 g/mol. The van der Waals surface area contributed by atoms with Crippen molar-refractivity contribution in [2.24, 2.45) is 0 Å². The first-order valence-corrected chi connectivity index (χ1v) is 8.81. The standard InChI is InChI=1S/C18H15N5O2S/c1-12-2-4-15(25-12)18-22-14(10-26-18)8-17(24)21-13-3-5-16(20-9-13)23-7-6-19-11-23/h2-7,9-11H,8H2,1H3,(H,21,24). The summed E-state index contributed by atoms with van der Waals surface area (Å²) in [7, 11) is 0. The van der Waals surface area contributed by atoms with Gasteiger partial charge in [-0.1, -0.05) is 0 Å². The first-order chi connectivity index (χ1) is 12.7. The third-order valence-corrected chi connectivity index (χ3v) is 4.55. The Kier molecular flexibility index (Phi) is 4.32. The summed E-state index contributed by atoms with van der Waals surface area (Å²) in [6.45, 7) is 1.89. The molecule has 0 aliphatic carbocycles. The molecule has 0 atom stereocenters. The van der Waals surface area contributed by atoms with Crippen LogP contribution in [0.4, 0.5) is 5.69 Å². The van der Waals surface area contributed by atoms with Crippen LogP contribution in [0, 0.1) is 6.92 Å². The molecular formula is C18H15N5O2S. The number of thiazole rings is 1. The van der Waals surface area contributed by atoms with Crippen molar-refractivity contribution in [2.45, 2.75) is 13.3 Å². The van der Waals surface area contributed by atoms with Crippen LogP contribution in [-0.4, -0.2) is 25.4 Å². The second-order valence-electron chi connectivity index (χ2n) is 5.65. The van der Waals surface area contributed by atoms with Gasteiger partial charge in [-0.05, 0) is 31.2 Å². The lowest BCUT2D eigenvalue weighted by atomic mass is 10.3. The number of imidazole rings is 1. The maximum atomic E-state index is 12.2. The van der Waals surface area contributed by atoms with Gasteiger partial charge in [-0.3, -0.25) is 9.36 Å². The summed E-state index contributed by atoms with van der Waals surface area (Å²) in [5.74, 6) is 2.15. The predicted molar refractivity (Wildman–Crippen MR) is 98.2 cm³/mol. The monoisotopic (exact) mass is 365 g/mol. The number of nitrogens with zero attached hydrogens (tertiary/aromatic N) is 4. The normalized spacial score (nSPS) is 10.8. The number of aromatic nitrogens is 4. The molecule has 0 fully saturated rings. The van der Waals surface area contributed by atoms with Crippen LogP contribution in [0.15, 0.2) is 59.0 Å². The van der Waals surface area contributed by atoms with Gasteiger partial charge in [0.15, 0.2) is 10.8 Å². The average Bonchev–Trinajstić information content (AvgIpc) is 3.37. The molecule has 26 heavy (non-hydrogen) atoms. The van der Waals surface area contributed by atoms with E-state index in [1.807, 2.05) is 30.5 Å². The molecule has 0 saturated carbocycles. The maximum absolute atomic E-state index is 12.2. The van der Waals surface area contributed by atoms with E-state index in [-0.39, 0.29) is 12.3 Å². The summed E-state index contributed by atoms with van der Waals surface area (Å²) in [4.78, 5) is 25.0. The Labute approximate surface area is 153 Å². The number of pyridine rings is 1. The number of rotatable bonds is 5. The number of hydrogen-bond donors (Lipinski definition) is 1. The van der Waals surface area contributed by atoms with E-state index in [2.05, 4.69) is 20.3 Å². The highest BCUT2D eigenvalue weighted by atomic mass is 32.1. The minimum Gasteiger partial charge on any atom is -0.459 e. The molecule has 0 radical (unpaired) electrons. The van der Waals surface area contributed by atoms with Gasteiger partial charge < -0.3 is 9.73 Å². The van der Waals surface area contributed by atoms with E-state index < -0.39 is 0 Å². The Morgan fingerprint density at radius 2 is 2.23 bits per heavy atom. The fourth-order valence-electron chi connectivity index (χ4n) is 2.43. The quantitative estimate of drug-likeness (QED) is 0.585. The van der Waals surface area contributed by atoms with Crippen LogP contribution in [0.25, 0.3) is 16.6 Å². The van der Waals surface area contributed by atoms with E-state index >= 15 is 0 Å². The van der Waals surface area contributed by atoms with Crippen LogP contribution in [0.3, 0.4) is 0 Å². The molecule has 0 saturated heterocycles. The van der Waals surface area contributed by atoms with Gasteiger partial charge in [0.25, 0.3) is 0 Å². The molecule has 4 aromatic heterocycles. The molecule has 0 unspecified atom stereocenters. The third kappa shape index (κ3) is 3.55. The van der Waals surface area contributed by atoms with Crippen LogP contribution in [0.1, 0.15) is 11.5 Å². The summed E-state index contributed by atoms with van der Waals surface area (Å²) in [5.41, 5.74) is 1.34. The van der Waals surface area contributed by atoms with Crippen LogP contribution in [-0.2, 0) is 11.2 Å². The van der Waals surface area contributed by atoms with E-state index in [1.54, 1.807) is 35.6 Å². The highest BCUT2D eigenvalue weighted by Gasteiger charge is 2.11. The minimum absolute atomic E-state index is 0.144. The lowest BCUT2D eigenvalue weighted by Crippen LogP contribution is -2.14. The van der Waals surface area contributed by atoms with E-state index in [4.69, 9.17) is 4.42 Å². The van der Waals surface area contributed by atoms with Gasteiger partial charge in [0, 0.05) is 17.8 Å². The number of carbonyl (C=O) groups is 1. The van der Waals surface area contributed by atoms with Crippen LogP contribution >= 0.6 is 11.3 Å². The Hall–Kier alpha value is -3.26. The first kappa shape index (κ1) is 16.2. The van der Waals surface area contributed by atoms with Crippen LogP contribution in [0.2, 0.25) is 0 Å². The molecule has 0 bridgehead atoms. The molecule has 1 N–H and O–H groups in total. The third-order valence-electron chi connectivity index (χ3n) is 3.65. The van der Waals surface area contributed by atoms with Crippen molar-refractivity contribution in [3.05, 3.63) is 66.0 Å². The van der Waals surface area contributed by atoms with Gasteiger partial charge in [-0.25, -0.2) is 15.0 Å². The molecule has 1 amide bonds. The van der Waals surface area contributed by atoms with E-state index in [9.17, 15) is 4.79 Å². The highest BCUT2D eigenvalue weighted by molar-refractivity contribution is 7.13. The SMILES string of the molecule is Cc1ccc(-c2nc(CC(=O)Nc3ccc(-n4ccnc4)nc3)cs2)o1. The van der Waals surface area contributed by atoms with Crippen molar-refractivity contribution in [2.75, 3.05) is 5.32 Å². The molecular weight excluding hydrogens is 350 g/mol. The van der Waals surface area contributed by atoms with Crippen LogP contribution < -0.4 is 5.32 Å². The summed E-state index contributed by atoms with van der Waals surface area (Å²) in [6, 6.07) is 7.39. The van der Waals surface area contributed by atoms with Crippen molar-refractivity contribution >= 4 is 22.9 Å². The van der Waals surface area contributed by atoms with Gasteiger partial charge in [0.2, 0.25) is 5.91 Å². The molecule has 130 valence electrons. The number of carbonyl (C=O) groups excluding carboxylic acids is 1. The van der Waals surface area contributed by atoms with Crippen molar-refractivity contribution in [3.8, 4) is 16.6 Å². The topological polar surface area (TPSA) is 85.8 Å². The predicted octanol–water partition coefficient (Wildman–Crippen LogP) is 3.47. The molecule has 0 spiro atoms. The largest absolute Gasteiger partial charge is 0.459 e.